The van der Waals surface area contributed by atoms with Crippen LogP contribution in [0.2, 0.25) is 5.02 Å². The van der Waals surface area contributed by atoms with Crippen molar-refractivity contribution in [3.63, 3.8) is 0 Å². The van der Waals surface area contributed by atoms with Crippen LogP contribution in [0.3, 0.4) is 0 Å². The molecule has 1 heterocycles. The summed E-state index contributed by atoms with van der Waals surface area (Å²) in [5, 5.41) is 13.3. The molecule has 0 radical (unpaired) electrons. The van der Waals surface area contributed by atoms with E-state index in [1.54, 1.807) is 6.07 Å². The first kappa shape index (κ1) is 18.8. The molecule has 0 aliphatic carbocycles. The highest BCUT2D eigenvalue weighted by atomic mass is 35.5. The minimum atomic E-state index is 0. The van der Waals surface area contributed by atoms with Gasteiger partial charge in [-0.15, -0.1) is 24.8 Å². The first-order chi connectivity index (χ1) is 8.22. The van der Waals surface area contributed by atoms with E-state index in [4.69, 9.17) is 11.6 Å². The van der Waals surface area contributed by atoms with E-state index in [2.05, 4.69) is 17.1 Å². The van der Waals surface area contributed by atoms with Crippen LogP contribution in [0.15, 0.2) is 18.2 Å². The van der Waals surface area contributed by atoms with Gasteiger partial charge in [0.1, 0.15) is 5.75 Å². The van der Waals surface area contributed by atoms with Crippen LogP contribution in [0.25, 0.3) is 0 Å². The van der Waals surface area contributed by atoms with Crippen molar-refractivity contribution >= 4 is 36.4 Å². The van der Waals surface area contributed by atoms with Gasteiger partial charge in [0, 0.05) is 32.2 Å². The van der Waals surface area contributed by atoms with E-state index < -0.39 is 0 Å². The molecule has 1 saturated heterocycles. The van der Waals surface area contributed by atoms with E-state index in [9.17, 15) is 5.11 Å². The molecule has 0 saturated carbocycles. The number of hydrogen-bond acceptors (Lipinski definition) is 3. The maximum Gasteiger partial charge on any atom is 0.134 e. The third-order valence-corrected chi connectivity index (χ3v) is 3.64. The highest BCUT2D eigenvalue weighted by molar-refractivity contribution is 6.32. The van der Waals surface area contributed by atoms with Crippen molar-refractivity contribution in [2.45, 2.75) is 19.4 Å². The standard InChI is InChI=1S/C13H19ClN2O.2ClH/c1-2-12(16-7-5-15-6-8-16)10-3-4-13(17)11(14)9-10;;/h3-4,9,12,15,17H,2,5-8H2,1H3;2*1H/t12-;;/m0../s1. The fourth-order valence-corrected chi connectivity index (χ4v) is 2.62. The van der Waals surface area contributed by atoms with Crippen LogP contribution in [-0.2, 0) is 0 Å². The third kappa shape index (κ3) is 4.69. The summed E-state index contributed by atoms with van der Waals surface area (Å²) >= 11 is 5.97. The Morgan fingerprint density at radius 1 is 1.32 bits per heavy atom. The molecule has 19 heavy (non-hydrogen) atoms. The zero-order valence-corrected chi connectivity index (χ0v) is 13.3. The molecule has 1 aromatic rings. The molecule has 110 valence electrons. The molecule has 0 spiro atoms. The highest BCUT2D eigenvalue weighted by Gasteiger charge is 2.20. The van der Waals surface area contributed by atoms with Gasteiger partial charge in [-0.05, 0) is 24.1 Å². The second-order valence-corrected chi connectivity index (χ2v) is 4.83. The molecular weight excluding hydrogens is 307 g/mol. The molecule has 1 fully saturated rings. The van der Waals surface area contributed by atoms with Crippen LogP contribution in [0.4, 0.5) is 0 Å². The molecule has 0 bridgehead atoms. The summed E-state index contributed by atoms with van der Waals surface area (Å²) in [6, 6.07) is 5.93. The largest absolute Gasteiger partial charge is 0.506 e. The lowest BCUT2D eigenvalue weighted by Crippen LogP contribution is -2.45. The second kappa shape index (κ2) is 8.88. The average molecular weight is 328 g/mol. The lowest BCUT2D eigenvalue weighted by Gasteiger charge is -2.34. The quantitative estimate of drug-likeness (QED) is 0.894. The molecule has 1 aromatic carbocycles. The van der Waals surface area contributed by atoms with Crippen molar-refractivity contribution in [2.24, 2.45) is 0 Å². The van der Waals surface area contributed by atoms with Gasteiger partial charge in [0.15, 0.2) is 0 Å². The topological polar surface area (TPSA) is 35.5 Å². The highest BCUT2D eigenvalue weighted by Crippen LogP contribution is 2.30. The smallest absolute Gasteiger partial charge is 0.134 e. The number of benzene rings is 1. The van der Waals surface area contributed by atoms with Crippen LogP contribution in [0.1, 0.15) is 24.9 Å². The number of aromatic hydroxyl groups is 1. The molecule has 0 aromatic heterocycles. The first-order valence-electron chi connectivity index (χ1n) is 6.15. The molecule has 1 aliphatic heterocycles. The van der Waals surface area contributed by atoms with Crippen molar-refractivity contribution < 1.29 is 5.11 Å². The van der Waals surface area contributed by atoms with Crippen molar-refractivity contribution in [1.29, 1.82) is 0 Å². The summed E-state index contributed by atoms with van der Waals surface area (Å²) in [5.74, 6) is 0.158. The van der Waals surface area contributed by atoms with Crippen molar-refractivity contribution in [1.82, 2.24) is 10.2 Å². The SMILES string of the molecule is CC[C@@H](c1ccc(O)c(Cl)c1)N1CCNCC1.Cl.Cl. The molecule has 1 atom stereocenters. The number of nitrogens with zero attached hydrogens (tertiary/aromatic N) is 1. The Balaban J connectivity index is 0.00000162. The lowest BCUT2D eigenvalue weighted by atomic mass is 10.0. The summed E-state index contributed by atoms with van der Waals surface area (Å²) in [6.45, 7) is 6.41. The Morgan fingerprint density at radius 2 is 1.95 bits per heavy atom. The molecule has 6 heteroatoms. The van der Waals surface area contributed by atoms with Crippen LogP contribution in [0, 0.1) is 0 Å². The van der Waals surface area contributed by atoms with Crippen LogP contribution < -0.4 is 5.32 Å². The summed E-state index contributed by atoms with van der Waals surface area (Å²) < 4.78 is 0. The predicted molar refractivity (Wildman–Crippen MR) is 85.1 cm³/mol. The van der Waals surface area contributed by atoms with E-state index in [1.165, 1.54) is 5.56 Å². The van der Waals surface area contributed by atoms with E-state index in [-0.39, 0.29) is 30.6 Å². The van der Waals surface area contributed by atoms with Gasteiger partial charge in [0.25, 0.3) is 0 Å². The number of phenolic OH excluding ortho intramolecular Hbond substituents is 1. The molecule has 0 unspecified atom stereocenters. The summed E-state index contributed by atoms with van der Waals surface area (Å²) in [4.78, 5) is 2.47. The third-order valence-electron chi connectivity index (χ3n) is 3.34. The number of nitrogens with one attached hydrogen (secondary N) is 1. The Morgan fingerprint density at radius 3 is 2.47 bits per heavy atom. The second-order valence-electron chi connectivity index (χ2n) is 4.42. The predicted octanol–water partition coefficient (Wildman–Crippen LogP) is 3.25. The van der Waals surface area contributed by atoms with Gasteiger partial charge >= 0.3 is 0 Å². The monoisotopic (exact) mass is 326 g/mol. The Labute approximate surface area is 132 Å². The van der Waals surface area contributed by atoms with E-state index in [0.29, 0.717) is 11.1 Å². The normalized spacial score (nSPS) is 17.2. The van der Waals surface area contributed by atoms with Crippen molar-refractivity contribution in [2.75, 3.05) is 26.2 Å². The Bertz CT molecular complexity index is 384. The molecule has 2 rings (SSSR count). The van der Waals surface area contributed by atoms with E-state index >= 15 is 0 Å². The maximum absolute atomic E-state index is 9.45. The fraction of sp³-hybridized carbons (Fsp3) is 0.538. The van der Waals surface area contributed by atoms with Gasteiger partial charge in [-0.2, -0.15) is 0 Å². The Kier molecular flexibility index (Phi) is 8.79. The van der Waals surface area contributed by atoms with Gasteiger partial charge in [-0.1, -0.05) is 24.6 Å². The number of halogens is 3. The zero-order valence-electron chi connectivity index (χ0n) is 10.9. The van der Waals surface area contributed by atoms with Gasteiger partial charge < -0.3 is 10.4 Å². The summed E-state index contributed by atoms with van der Waals surface area (Å²) in [5.41, 5.74) is 1.19. The molecular formula is C13H21Cl3N2O. The summed E-state index contributed by atoms with van der Waals surface area (Å²) in [6.07, 6.45) is 1.06. The van der Waals surface area contributed by atoms with Gasteiger partial charge in [0.05, 0.1) is 5.02 Å². The van der Waals surface area contributed by atoms with Crippen molar-refractivity contribution in [3.05, 3.63) is 28.8 Å². The minimum absolute atomic E-state index is 0. The minimum Gasteiger partial charge on any atom is -0.506 e. The van der Waals surface area contributed by atoms with Crippen LogP contribution >= 0.6 is 36.4 Å². The summed E-state index contributed by atoms with van der Waals surface area (Å²) in [7, 11) is 0. The van der Waals surface area contributed by atoms with Gasteiger partial charge in [-0.3, -0.25) is 4.90 Å². The number of piperazine rings is 1. The van der Waals surface area contributed by atoms with Gasteiger partial charge in [-0.25, -0.2) is 0 Å². The molecule has 0 amide bonds. The number of hydrogen-bond donors (Lipinski definition) is 2. The molecule has 1 aliphatic rings. The Hall–Kier alpha value is -0.190. The zero-order chi connectivity index (χ0) is 12.3. The average Bonchev–Trinajstić information content (AvgIpc) is 2.36. The first-order valence-corrected chi connectivity index (χ1v) is 6.53. The van der Waals surface area contributed by atoms with Crippen LogP contribution in [-0.4, -0.2) is 36.2 Å². The van der Waals surface area contributed by atoms with Gasteiger partial charge in [0.2, 0.25) is 0 Å². The molecule has 2 N–H and O–H groups in total. The molecule has 3 nitrogen and oxygen atoms in total. The number of phenols is 1. The van der Waals surface area contributed by atoms with Crippen LogP contribution in [0.5, 0.6) is 5.75 Å². The fourth-order valence-electron chi connectivity index (χ4n) is 2.43. The lowest BCUT2D eigenvalue weighted by molar-refractivity contribution is 0.169. The number of rotatable bonds is 3. The maximum atomic E-state index is 9.45. The van der Waals surface area contributed by atoms with E-state index in [1.807, 2.05) is 12.1 Å². The van der Waals surface area contributed by atoms with Crippen molar-refractivity contribution in [3.8, 4) is 5.75 Å². The van der Waals surface area contributed by atoms with E-state index in [0.717, 1.165) is 32.6 Å².